The third kappa shape index (κ3) is 4.60. The minimum atomic E-state index is -7.84. The van der Waals surface area contributed by atoms with Crippen molar-refractivity contribution in [1.82, 2.24) is 0 Å². The fourth-order valence-corrected chi connectivity index (χ4v) is 1.04. The van der Waals surface area contributed by atoms with Gasteiger partial charge in [-0.1, -0.05) is 0 Å². The molecule has 0 radical (unpaired) electrons. The molecule has 0 saturated carbocycles. The van der Waals surface area contributed by atoms with Gasteiger partial charge >= 0.3 is 47.8 Å². The lowest BCUT2D eigenvalue weighted by Crippen LogP contribution is -2.64. The second-order valence-electron chi connectivity index (χ2n) is 4.42. The fourth-order valence-electron chi connectivity index (χ4n) is 0.924. The summed E-state index contributed by atoms with van der Waals surface area (Å²) in [7, 11) is 0. The molecule has 0 aliphatic rings. The van der Waals surface area contributed by atoms with Gasteiger partial charge in [0.05, 0.1) is 0 Å². The van der Waals surface area contributed by atoms with Gasteiger partial charge in [0, 0.05) is 0 Å². The molecule has 0 bridgehead atoms. The first-order chi connectivity index (χ1) is 11.7. The Bertz CT molecular complexity index is 560. The summed E-state index contributed by atoms with van der Waals surface area (Å²) in [4.78, 5) is 0. The van der Waals surface area contributed by atoms with Crippen molar-refractivity contribution in [2.45, 2.75) is 47.8 Å². The van der Waals surface area contributed by atoms with Crippen LogP contribution in [0.2, 0.25) is 0 Å². The van der Waals surface area contributed by atoms with Crippen LogP contribution in [0.15, 0.2) is 0 Å². The summed E-state index contributed by atoms with van der Waals surface area (Å²) in [5.41, 5.74) is 0. The molecular weight excluding hydrogens is 487 g/mol. The van der Waals surface area contributed by atoms with Crippen molar-refractivity contribution in [3.63, 3.8) is 0 Å². The van der Waals surface area contributed by atoms with Crippen molar-refractivity contribution in [1.29, 1.82) is 0 Å². The molecular formula is C8ClF17O2. The normalized spacial score (nSPS) is 16.5. The van der Waals surface area contributed by atoms with Gasteiger partial charge in [0.2, 0.25) is 0 Å². The number of rotatable bonds is 8. The Morgan fingerprint density at radius 2 is 0.679 bits per heavy atom. The summed E-state index contributed by atoms with van der Waals surface area (Å²) in [6.07, 6.45) is -37.3. The molecule has 0 heterocycles. The molecule has 0 N–H and O–H groups in total. The van der Waals surface area contributed by atoms with Gasteiger partial charge < -0.3 is 0 Å². The fraction of sp³-hybridized carbons (Fsp3) is 1.00. The summed E-state index contributed by atoms with van der Waals surface area (Å²) < 4.78 is 213. The van der Waals surface area contributed by atoms with Gasteiger partial charge in [-0.3, -0.25) is 0 Å². The molecule has 0 fully saturated rings. The predicted octanol–water partition coefficient (Wildman–Crippen LogP) is 6.06. The topological polar surface area (TPSA) is 18.5 Å². The van der Waals surface area contributed by atoms with E-state index in [4.69, 9.17) is 0 Å². The molecule has 0 aliphatic heterocycles. The third-order valence-electron chi connectivity index (χ3n) is 2.30. The second-order valence-corrected chi connectivity index (χ2v) is 4.89. The van der Waals surface area contributed by atoms with Crippen LogP contribution in [0.4, 0.5) is 74.6 Å². The van der Waals surface area contributed by atoms with Crippen LogP contribution >= 0.6 is 11.6 Å². The first-order valence-electron chi connectivity index (χ1n) is 5.47. The van der Waals surface area contributed by atoms with Gasteiger partial charge in [0.25, 0.3) is 0 Å². The molecule has 170 valence electrons. The van der Waals surface area contributed by atoms with Gasteiger partial charge in [-0.05, 0) is 11.6 Å². The molecule has 0 unspecified atom stereocenters. The zero-order valence-corrected chi connectivity index (χ0v) is 12.4. The minimum Gasteiger partial charge on any atom is -0.243 e. The monoisotopic (exact) mass is 486 g/mol. The molecule has 0 rings (SSSR count). The van der Waals surface area contributed by atoms with Crippen LogP contribution in [0.1, 0.15) is 0 Å². The Balaban J connectivity index is 5.96. The summed E-state index contributed by atoms with van der Waals surface area (Å²) >= 11 is 3.38. The van der Waals surface area contributed by atoms with Crippen molar-refractivity contribution in [2.24, 2.45) is 0 Å². The highest BCUT2D eigenvalue weighted by atomic mass is 35.5. The molecule has 0 aromatic heterocycles. The third-order valence-corrected chi connectivity index (χ3v) is 2.53. The van der Waals surface area contributed by atoms with Crippen LogP contribution in [-0.2, 0) is 9.47 Å². The van der Waals surface area contributed by atoms with Crippen molar-refractivity contribution in [3.05, 3.63) is 0 Å². The average Bonchev–Trinajstić information content (AvgIpc) is 2.32. The van der Waals surface area contributed by atoms with E-state index in [9.17, 15) is 74.6 Å². The van der Waals surface area contributed by atoms with Crippen molar-refractivity contribution < 1.29 is 84.1 Å². The summed E-state index contributed by atoms with van der Waals surface area (Å²) in [6.45, 7) is 0. The molecule has 0 spiro atoms. The van der Waals surface area contributed by atoms with Crippen LogP contribution in [-0.4, -0.2) is 47.8 Å². The smallest absolute Gasteiger partial charge is 0.243 e. The van der Waals surface area contributed by atoms with Crippen LogP contribution in [0.5, 0.6) is 0 Å². The standard InChI is InChI=1S/C8ClF17O2/c9-3(14,15)1(10,11)2(12,13)5(19,20)27-7(23,24)8(25,26)28-6(21,22)4(16,17)18. The Hall–Kier alpha value is -0.980. The SMILES string of the molecule is FC(F)(F)C(F)(F)OC(F)(F)C(F)(F)OC(F)(F)C(F)(F)C(F)(F)C(F)(F)Cl. The van der Waals surface area contributed by atoms with Gasteiger partial charge in [-0.15, -0.1) is 0 Å². The Morgan fingerprint density at radius 1 is 0.393 bits per heavy atom. The number of halogens is 18. The number of hydrogen-bond donors (Lipinski definition) is 0. The lowest BCUT2D eigenvalue weighted by Gasteiger charge is -2.36. The molecule has 0 aliphatic carbocycles. The van der Waals surface area contributed by atoms with E-state index in [0.29, 0.717) is 0 Å². The summed E-state index contributed by atoms with van der Waals surface area (Å²) in [5.74, 6) is -15.3. The predicted molar refractivity (Wildman–Crippen MR) is 48.7 cm³/mol. The molecule has 0 aromatic rings. The minimum absolute atomic E-state index is 1.23. The number of hydrogen-bond acceptors (Lipinski definition) is 2. The molecule has 28 heavy (non-hydrogen) atoms. The van der Waals surface area contributed by atoms with Crippen LogP contribution in [0.25, 0.3) is 0 Å². The maximum absolute atomic E-state index is 12.8. The highest BCUT2D eigenvalue weighted by Crippen LogP contribution is 2.56. The van der Waals surface area contributed by atoms with E-state index in [2.05, 4.69) is 11.6 Å². The van der Waals surface area contributed by atoms with Crippen LogP contribution in [0, 0.1) is 0 Å². The van der Waals surface area contributed by atoms with E-state index < -0.39 is 47.8 Å². The van der Waals surface area contributed by atoms with E-state index in [-0.39, 0.29) is 0 Å². The van der Waals surface area contributed by atoms with Crippen LogP contribution in [0.3, 0.4) is 0 Å². The van der Waals surface area contributed by atoms with E-state index in [1.807, 2.05) is 0 Å². The van der Waals surface area contributed by atoms with Gasteiger partial charge in [-0.25, -0.2) is 9.47 Å². The lowest BCUT2D eigenvalue weighted by atomic mass is 10.1. The first-order valence-corrected chi connectivity index (χ1v) is 5.85. The van der Waals surface area contributed by atoms with Gasteiger partial charge in [-0.2, -0.15) is 74.6 Å². The Morgan fingerprint density at radius 3 is 0.929 bits per heavy atom. The maximum Gasteiger partial charge on any atom is 0.483 e. The van der Waals surface area contributed by atoms with Crippen LogP contribution < -0.4 is 0 Å². The molecule has 2 nitrogen and oxygen atoms in total. The number of alkyl halides is 18. The van der Waals surface area contributed by atoms with E-state index >= 15 is 0 Å². The molecule has 0 amide bonds. The molecule has 0 atom stereocenters. The summed E-state index contributed by atoms with van der Waals surface area (Å²) in [6, 6.07) is 0. The molecule has 20 heteroatoms. The maximum atomic E-state index is 12.8. The summed E-state index contributed by atoms with van der Waals surface area (Å²) in [5, 5.41) is -6.64. The van der Waals surface area contributed by atoms with Gasteiger partial charge in [0.1, 0.15) is 0 Å². The average molecular weight is 487 g/mol. The number of ether oxygens (including phenoxy) is 2. The van der Waals surface area contributed by atoms with E-state index in [1.165, 1.54) is 9.47 Å². The first kappa shape index (κ1) is 27.0. The largest absolute Gasteiger partial charge is 0.483 e. The van der Waals surface area contributed by atoms with E-state index in [0.717, 1.165) is 0 Å². The Kier molecular flexibility index (Phi) is 6.54. The van der Waals surface area contributed by atoms with E-state index in [1.54, 1.807) is 0 Å². The lowest BCUT2D eigenvalue weighted by molar-refractivity contribution is -0.553. The Labute approximate surface area is 145 Å². The zero-order valence-electron chi connectivity index (χ0n) is 11.6. The quantitative estimate of drug-likeness (QED) is 0.307. The van der Waals surface area contributed by atoms with Crippen molar-refractivity contribution >= 4 is 11.6 Å². The van der Waals surface area contributed by atoms with Crippen molar-refractivity contribution in [3.8, 4) is 0 Å². The highest BCUT2D eigenvalue weighted by molar-refractivity contribution is 6.22. The highest BCUT2D eigenvalue weighted by Gasteiger charge is 2.84. The molecule has 0 aromatic carbocycles. The zero-order chi connectivity index (χ0) is 23.4. The molecule has 0 saturated heterocycles. The second kappa shape index (κ2) is 6.78. The van der Waals surface area contributed by atoms with Gasteiger partial charge in [0.15, 0.2) is 0 Å². The van der Waals surface area contributed by atoms with Crippen molar-refractivity contribution in [2.75, 3.05) is 0 Å².